The van der Waals surface area contributed by atoms with E-state index in [0.29, 0.717) is 24.2 Å². The van der Waals surface area contributed by atoms with Crippen LogP contribution in [0.4, 0.5) is 10.5 Å². The lowest BCUT2D eigenvalue weighted by molar-refractivity contribution is -0.133. The zero-order valence-electron chi connectivity index (χ0n) is 20.1. The highest BCUT2D eigenvalue weighted by Crippen LogP contribution is 2.49. The van der Waals surface area contributed by atoms with E-state index < -0.39 is 5.60 Å². The summed E-state index contributed by atoms with van der Waals surface area (Å²) in [5.74, 6) is 0.119. The zero-order chi connectivity index (χ0) is 23.6. The van der Waals surface area contributed by atoms with Crippen molar-refractivity contribution in [2.75, 3.05) is 18.4 Å². The first kappa shape index (κ1) is 23.6. The summed E-state index contributed by atoms with van der Waals surface area (Å²) in [4.78, 5) is 37.5. The Hall–Kier alpha value is -2.57. The quantitative estimate of drug-likeness (QED) is 0.652. The monoisotopic (exact) mass is 455 g/mol. The normalized spacial score (nSPS) is 23.8. The van der Waals surface area contributed by atoms with E-state index in [9.17, 15) is 14.4 Å². The van der Waals surface area contributed by atoms with Crippen molar-refractivity contribution < 1.29 is 19.1 Å². The summed E-state index contributed by atoms with van der Waals surface area (Å²) in [5, 5.41) is 5.64. The van der Waals surface area contributed by atoms with E-state index in [1.807, 2.05) is 37.8 Å². The number of rotatable bonds is 3. The molecule has 2 aliphatic heterocycles. The number of nitrogens with zero attached hydrogens (tertiary/aromatic N) is 1. The second-order valence-electron chi connectivity index (χ2n) is 11.0. The van der Waals surface area contributed by atoms with Gasteiger partial charge >= 0.3 is 6.09 Å². The number of hydrogen-bond donors (Lipinski definition) is 2. The van der Waals surface area contributed by atoms with Gasteiger partial charge in [-0.15, -0.1) is 0 Å². The Morgan fingerprint density at radius 3 is 2.24 bits per heavy atom. The molecule has 1 aromatic rings. The predicted molar refractivity (Wildman–Crippen MR) is 127 cm³/mol. The van der Waals surface area contributed by atoms with Crippen molar-refractivity contribution in [3.8, 4) is 0 Å². The number of piperidine rings is 2. The highest BCUT2D eigenvalue weighted by atomic mass is 16.6. The maximum Gasteiger partial charge on any atom is 0.410 e. The SMILES string of the molecule is CC(C)(C)OC(=O)N1CCC2(CCC(c3ccc(NC4CCC(=O)NC4=O)cc3)CC2)CC1. The van der Waals surface area contributed by atoms with Gasteiger partial charge in [0.05, 0.1) is 0 Å². The second-order valence-corrected chi connectivity index (χ2v) is 11.0. The van der Waals surface area contributed by atoms with Crippen molar-refractivity contribution in [2.45, 2.75) is 89.7 Å². The van der Waals surface area contributed by atoms with Crippen LogP contribution in [0.1, 0.15) is 83.6 Å². The van der Waals surface area contributed by atoms with Gasteiger partial charge < -0.3 is 15.0 Å². The molecule has 2 saturated heterocycles. The van der Waals surface area contributed by atoms with E-state index >= 15 is 0 Å². The zero-order valence-corrected chi connectivity index (χ0v) is 20.1. The highest BCUT2D eigenvalue weighted by Gasteiger charge is 2.40. The molecule has 1 saturated carbocycles. The molecule has 1 atom stereocenters. The summed E-state index contributed by atoms with van der Waals surface area (Å²) in [6.07, 6.45) is 7.60. The summed E-state index contributed by atoms with van der Waals surface area (Å²) in [6.45, 7) is 7.32. The third kappa shape index (κ3) is 5.87. The fourth-order valence-electron chi connectivity index (χ4n) is 5.44. The average molecular weight is 456 g/mol. The molecule has 3 fully saturated rings. The third-order valence-corrected chi connectivity index (χ3v) is 7.48. The van der Waals surface area contributed by atoms with Crippen molar-refractivity contribution >= 4 is 23.6 Å². The molecule has 1 spiro atoms. The molecule has 33 heavy (non-hydrogen) atoms. The maximum atomic E-state index is 12.4. The first-order chi connectivity index (χ1) is 15.6. The van der Waals surface area contributed by atoms with E-state index in [4.69, 9.17) is 4.74 Å². The number of anilines is 1. The molecule has 180 valence electrons. The number of ether oxygens (including phenoxy) is 1. The summed E-state index contributed by atoms with van der Waals surface area (Å²) in [5.41, 5.74) is 2.18. The molecular weight excluding hydrogens is 418 g/mol. The van der Waals surface area contributed by atoms with Crippen molar-refractivity contribution in [3.05, 3.63) is 29.8 Å². The first-order valence-electron chi connectivity index (χ1n) is 12.3. The van der Waals surface area contributed by atoms with Crippen LogP contribution in [0.5, 0.6) is 0 Å². The van der Waals surface area contributed by atoms with Gasteiger partial charge in [0.1, 0.15) is 11.6 Å². The van der Waals surface area contributed by atoms with Crippen molar-refractivity contribution in [1.29, 1.82) is 0 Å². The minimum Gasteiger partial charge on any atom is -0.444 e. The van der Waals surface area contributed by atoms with Crippen LogP contribution in [0.2, 0.25) is 0 Å². The van der Waals surface area contributed by atoms with Crippen molar-refractivity contribution in [2.24, 2.45) is 5.41 Å². The topological polar surface area (TPSA) is 87.7 Å². The number of imide groups is 1. The maximum absolute atomic E-state index is 12.4. The number of nitrogens with one attached hydrogen (secondary N) is 2. The minimum absolute atomic E-state index is 0.183. The van der Waals surface area contributed by atoms with E-state index in [0.717, 1.165) is 31.6 Å². The molecule has 1 aliphatic carbocycles. The molecule has 0 aromatic heterocycles. The van der Waals surface area contributed by atoms with Crippen LogP contribution in [0, 0.1) is 5.41 Å². The van der Waals surface area contributed by atoms with Gasteiger partial charge in [-0.3, -0.25) is 14.9 Å². The molecule has 4 rings (SSSR count). The van der Waals surface area contributed by atoms with E-state index in [1.165, 1.54) is 31.2 Å². The summed E-state index contributed by atoms with van der Waals surface area (Å²) >= 11 is 0. The lowest BCUT2D eigenvalue weighted by Crippen LogP contribution is -2.47. The Balaban J connectivity index is 1.26. The van der Waals surface area contributed by atoms with Crippen LogP contribution in [0.3, 0.4) is 0 Å². The smallest absolute Gasteiger partial charge is 0.410 e. The van der Waals surface area contributed by atoms with Crippen LogP contribution in [0.15, 0.2) is 24.3 Å². The Kier molecular flexibility index (Phi) is 6.68. The van der Waals surface area contributed by atoms with Crippen molar-refractivity contribution in [1.82, 2.24) is 10.2 Å². The first-order valence-corrected chi connectivity index (χ1v) is 12.3. The van der Waals surface area contributed by atoms with Gasteiger partial charge in [0.2, 0.25) is 11.8 Å². The second kappa shape index (κ2) is 9.35. The van der Waals surface area contributed by atoms with Crippen LogP contribution >= 0.6 is 0 Å². The Morgan fingerprint density at radius 2 is 1.67 bits per heavy atom. The molecule has 3 amide bonds. The van der Waals surface area contributed by atoms with Gasteiger partial charge in [0.15, 0.2) is 0 Å². The van der Waals surface area contributed by atoms with Crippen LogP contribution in [-0.4, -0.2) is 47.5 Å². The average Bonchev–Trinajstić information content (AvgIpc) is 2.76. The van der Waals surface area contributed by atoms with Crippen LogP contribution in [-0.2, 0) is 14.3 Å². The molecule has 3 aliphatic rings. The highest BCUT2D eigenvalue weighted by molar-refractivity contribution is 6.01. The van der Waals surface area contributed by atoms with Gasteiger partial charge in [-0.2, -0.15) is 0 Å². The standard InChI is InChI=1S/C26H37N3O4/c1-25(2,3)33-24(32)29-16-14-26(15-17-29)12-10-19(11-13-26)18-4-6-20(7-5-18)27-21-8-9-22(30)28-23(21)31/h4-7,19,21,27H,8-17H2,1-3H3,(H,28,30,31). The number of benzene rings is 1. The fraction of sp³-hybridized carbons (Fsp3) is 0.654. The molecule has 1 unspecified atom stereocenters. The van der Waals surface area contributed by atoms with Gasteiger partial charge in [0.25, 0.3) is 0 Å². The van der Waals surface area contributed by atoms with E-state index in [2.05, 4.69) is 22.8 Å². The van der Waals surface area contributed by atoms with Crippen molar-refractivity contribution in [3.63, 3.8) is 0 Å². The number of hydrogen-bond acceptors (Lipinski definition) is 5. The number of carbonyl (C=O) groups is 3. The lowest BCUT2D eigenvalue weighted by Gasteiger charge is -2.46. The number of likely N-dealkylation sites (tertiary alicyclic amines) is 1. The van der Waals surface area contributed by atoms with Gasteiger partial charge in [-0.05, 0) is 94.7 Å². The molecule has 7 nitrogen and oxygen atoms in total. The van der Waals surface area contributed by atoms with Crippen LogP contribution in [0.25, 0.3) is 0 Å². The number of carbonyl (C=O) groups excluding carboxylic acids is 3. The number of amides is 3. The molecule has 1 aromatic carbocycles. The third-order valence-electron chi connectivity index (χ3n) is 7.48. The largest absolute Gasteiger partial charge is 0.444 e. The summed E-state index contributed by atoms with van der Waals surface area (Å²) in [6, 6.07) is 8.07. The summed E-state index contributed by atoms with van der Waals surface area (Å²) < 4.78 is 5.54. The molecule has 0 bridgehead atoms. The lowest BCUT2D eigenvalue weighted by atomic mass is 9.64. The van der Waals surface area contributed by atoms with E-state index in [-0.39, 0.29) is 23.9 Å². The molecule has 7 heteroatoms. The van der Waals surface area contributed by atoms with Crippen LogP contribution < -0.4 is 10.6 Å². The molecular formula is C26H37N3O4. The predicted octanol–water partition coefficient (Wildman–Crippen LogP) is 4.58. The Labute approximate surface area is 196 Å². The van der Waals surface area contributed by atoms with E-state index in [1.54, 1.807) is 0 Å². The molecule has 2 N–H and O–H groups in total. The summed E-state index contributed by atoms with van der Waals surface area (Å²) in [7, 11) is 0. The Bertz CT molecular complexity index is 872. The minimum atomic E-state index is -0.447. The van der Waals surface area contributed by atoms with Gasteiger partial charge in [-0.25, -0.2) is 4.79 Å². The van der Waals surface area contributed by atoms with Gasteiger partial charge in [0, 0.05) is 25.2 Å². The fourth-order valence-corrected chi connectivity index (χ4v) is 5.44. The van der Waals surface area contributed by atoms with Gasteiger partial charge in [-0.1, -0.05) is 12.1 Å². The molecule has 0 radical (unpaired) electrons. The molecule has 2 heterocycles. The Morgan fingerprint density at radius 1 is 1.03 bits per heavy atom.